The van der Waals surface area contributed by atoms with Crippen molar-refractivity contribution in [2.24, 2.45) is 4.99 Å². The fraction of sp³-hybridized carbons (Fsp3) is 0.167. The molecule has 1 amide bonds. The highest BCUT2D eigenvalue weighted by Crippen LogP contribution is 2.27. The van der Waals surface area contributed by atoms with Crippen molar-refractivity contribution in [3.63, 3.8) is 0 Å². The van der Waals surface area contributed by atoms with Crippen molar-refractivity contribution in [1.29, 1.82) is 0 Å². The molecule has 1 aliphatic heterocycles. The van der Waals surface area contributed by atoms with Gasteiger partial charge in [-0.15, -0.1) is 0 Å². The minimum Gasteiger partial charge on any atom is -0.508 e. The lowest BCUT2D eigenvalue weighted by molar-refractivity contribution is -0.118. The molecule has 0 radical (unpaired) electrons. The van der Waals surface area contributed by atoms with Gasteiger partial charge in [0.15, 0.2) is 11.0 Å². The summed E-state index contributed by atoms with van der Waals surface area (Å²) >= 11 is 1.23. The highest BCUT2D eigenvalue weighted by atomic mass is 32.2. The van der Waals surface area contributed by atoms with Crippen LogP contribution in [0.1, 0.15) is 16.8 Å². The number of phenols is 1. The summed E-state index contributed by atoms with van der Waals surface area (Å²) in [6.45, 7) is 0. The third kappa shape index (κ3) is 4.19. The van der Waals surface area contributed by atoms with Crippen LogP contribution in [-0.2, 0) is 4.79 Å². The molecule has 0 spiro atoms. The van der Waals surface area contributed by atoms with Gasteiger partial charge in [-0.1, -0.05) is 11.8 Å². The molecule has 6 nitrogen and oxygen atoms in total. The summed E-state index contributed by atoms with van der Waals surface area (Å²) in [6, 6.07) is 13.1. The number of aromatic hydroxyl groups is 1. The van der Waals surface area contributed by atoms with E-state index in [4.69, 9.17) is 4.74 Å². The summed E-state index contributed by atoms with van der Waals surface area (Å²) in [6.07, 6.45) is 0.0947. The largest absolute Gasteiger partial charge is 0.508 e. The minimum absolute atomic E-state index is 0.0947. The van der Waals surface area contributed by atoms with E-state index in [2.05, 4.69) is 10.3 Å². The quantitative estimate of drug-likeness (QED) is 0.804. The molecule has 2 aromatic carbocycles. The number of benzene rings is 2. The van der Waals surface area contributed by atoms with Gasteiger partial charge in [0.1, 0.15) is 11.5 Å². The van der Waals surface area contributed by atoms with Gasteiger partial charge in [-0.05, 0) is 48.5 Å². The van der Waals surface area contributed by atoms with Crippen molar-refractivity contribution in [1.82, 2.24) is 5.32 Å². The van der Waals surface area contributed by atoms with Crippen LogP contribution < -0.4 is 10.1 Å². The fourth-order valence-electron chi connectivity index (χ4n) is 2.30. The number of amidine groups is 1. The Bertz CT molecular complexity index is 816. The number of phenolic OH excluding ortho intramolecular Hbond substituents is 1. The predicted octanol–water partition coefficient (Wildman–Crippen LogP) is 2.89. The first kappa shape index (κ1) is 17.0. The van der Waals surface area contributed by atoms with Gasteiger partial charge in [-0.25, -0.2) is 4.99 Å². The van der Waals surface area contributed by atoms with Crippen LogP contribution >= 0.6 is 11.8 Å². The summed E-state index contributed by atoms with van der Waals surface area (Å²) in [4.78, 5) is 28.7. The van der Waals surface area contributed by atoms with Crippen LogP contribution in [0.3, 0.4) is 0 Å². The SMILES string of the molecule is COc1ccc(C(=O)CC2SC(=Nc3ccc(O)cc3)NC2=O)cc1. The number of hydrogen-bond donors (Lipinski definition) is 2. The fourth-order valence-corrected chi connectivity index (χ4v) is 3.29. The molecular weight excluding hydrogens is 340 g/mol. The lowest BCUT2D eigenvalue weighted by Gasteiger charge is -2.05. The number of nitrogens with zero attached hydrogens (tertiary/aromatic N) is 1. The zero-order valence-corrected chi connectivity index (χ0v) is 14.2. The lowest BCUT2D eigenvalue weighted by Crippen LogP contribution is -2.26. The maximum Gasteiger partial charge on any atom is 0.240 e. The van der Waals surface area contributed by atoms with E-state index in [1.165, 1.54) is 23.9 Å². The molecule has 0 aromatic heterocycles. The topological polar surface area (TPSA) is 88.0 Å². The Morgan fingerprint density at radius 3 is 2.52 bits per heavy atom. The summed E-state index contributed by atoms with van der Waals surface area (Å²) in [5, 5.41) is 11.9. The molecule has 25 heavy (non-hydrogen) atoms. The molecule has 1 atom stereocenters. The summed E-state index contributed by atoms with van der Waals surface area (Å²) in [7, 11) is 1.56. The second-order valence-electron chi connectivity index (χ2n) is 5.38. The zero-order chi connectivity index (χ0) is 17.8. The summed E-state index contributed by atoms with van der Waals surface area (Å²) in [5.74, 6) is 0.480. The number of thioether (sulfide) groups is 1. The number of ether oxygens (including phenoxy) is 1. The van der Waals surface area contributed by atoms with Crippen LogP contribution in [0, 0.1) is 0 Å². The molecule has 128 valence electrons. The van der Waals surface area contributed by atoms with E-state index < -0.39 is 5.25 Å². The Hall–Kier alpha value is -2.80. The molecule has 1 fully saturated rings. The third-order valence-electron chi connectivity index (χ3n) is 3.64. The molecule has 2 N–H and O–H groups in total. The zero-order valence-electron chi connectivity index (χ0n) is 13.4. The van der Waals surface area contributed by atoms with Crippen LogP contribution in [0.5, 0.6) is 11.5 Å². The molecular formula is C18H16N2O4S. The molecule has 1 saturated heterocycles. The third-order valence-corrected chi connectivity index (χ3v) is 4.72. The lowest BCUT2D eigenvalue weighted by atomic mass is 10.1. The van der Waals surface area contributed by atoms with Crippen molar-refractivity contribution in [2.75, 3.05) is 7.11 Å². The number of rotatable bonds is 5. The number of amides is 1. The maximum absolute atomic E-state index is 12.3. The van der Waals surface area contributed by atoms with Crippen LogP contribution in [-0.4, -0.2) is 34.3 Å². The van der Waals surface area contributed by atoms with Crippen molar-refractivity contribution >= 4 is 34.3 Å². The van der Waals surface area contributed by atoms with Crippen LogP contribution in [0.25, 0.3) is 0 Å². The smallest absolute Gasteiger partial charge is 0.240 e. The predicted molar refractivity (Wildman–Crippen MR) is 96.7 cm³/mol. The second kappa shape index (κ2) is 7.40. The van der Waals surface area contributed by atoms with E-state index >= 15 is 0 Å². The van der Waals surface area contributed by atoms with Gasteiger partial charge >= 0.3 is 0 Å². The molecule has 7 heteroatoms. The Labute approximate surface area is 148 Å². The van der Waals surface area contributed by atoms with E-state index in [-0.39, 0.29) is 23.9 Å². The first-order chi connectivity index (χ1) is 12.0. The first-order valence-corrected chi connectivity index (χ1v) is 8.45. The Morgan fingerprint density at radius 1 is 1.20 bits per heavy atom. The number of ketones is 1. The molecule has 3 rings (SSSR count). The average Bonchev–Trinajstić information content (AvgIpc) is 2.96. The van der Waals surface area contributed by atoms with E-state index in [0.29, 0.717) is 22.2 Å². The van der Waals surface area contributed by atoms with Crippen molar-refractivity contribution < 1.29 is 19.4 Å². The maximum atomic E-state index is 12.3. The monoisotopic (exact) mass is 356 g/mol. The normalized spacial score (nSPS) is 18.2. The van der Waals surface area contributed by atoms with E-state index in [1.54, 1.807) is 43.5 Å². The van der Waals surface area contributed by atoms with Gasteiger partial charge in [0, 0.05) is 12.0 Å². The molecule has 0 saturated carbocycles. The second-order valence-corrected chi connectivity index (χ2v) is 6.58. The number of nitrogens with one attached hydrogen (secondary N) is 1. The van der Waals surface area contributed by atoms with Gasteiger partial charge in [0.05, 0.1) is 18.0 Å². The molecule has 1 unspecified atom stereocenters. The number of aliphatic imine (C=N–C) groups is 1. The number of carbonyl (C=O) groups is 2. The van der Waals surface area contributed by atoms with E-state index in [1.807, 2.05) is 0 Å². The number of carbonyl (C=O) groups excluding carboxylic acids is 2. The van der Waals surface area contributed by atoms with Crippen LogP contribution in [0.2, 0.25) is 0 Å². The minimum atomic E-state index is -0.509. The Morgan fingerprint density at radius 2 is 1.88 bits per heavy atom. The van der Waals surface area contributed by atoms with Crippen molar-refractivity contribution in [2.45, 2.75) is 11.7 Å². The number of methoxy groups -OCH3 is 1. The highest BCUT2D eigenvalue weighted by Gasteiger charge is 2.32. The van der Waals surface area contributed by atoms with E-state index in [9.17, 15) is 14.7 Å². The number of Topliss-reactive ketones (excluding diaryl/α,β-unsaturated/α-hetero) is 1. The number of hydrogen-bond acceptors (Lipinski definition) is 6. The Balaban J connectivity index is 1.66. The molecule has 1 aliphatic rings. The van der Waals surface area contributed by atoms with Crippen LogP contribution in [0.15, 0.2) is 53.5 Å². The van der Waals surface area contributed by atoms with Gasteiger partial charge < -0.3 is 15.2 Å². The molecule has 0 bridgehead atoms. The summed E-state index contributed by atoms with van der Waals surface area (Å²) < 4.78 is 5.07. The van der Waals surface area contributed by atoms with Gasteiger partial charge in [0.2, 0.25) is 5.91 Å². The highest BCUT2D eigenvalue weighted by molar-refractivity contribution is 8.15. The summed E-state index contributed by atoms with van der Waals surface area (Å²) in [5.41, 5.74) is 1.15. The average molecular weight is 356 g/mol. The molecule has 0 aliphatic carbocycles. The van der Waals surface area contributed by atoms with Gasteiger partial charge in [-0.3, -0.25) is 9.59 Å². The molecule has 2 aromatic rings. The first-order valence-electron chi connectivity index (χ1n) is 7.57. The standard InChI is InChI=1S/C18H16N2O4S/c1-24-14-8-2-11(3-9-14)15(22)10-16-17(23)20-18(25-16)19-12-4-6-13(21)7-5-12/h2-9,16,21H,10H2,1H3,(H,19,20,23). The van der Waals surface area contributed by atoms with E-state index in [0.717, 1.165) is 0 Å². The molecule has 1 heterocycles. The van der Waals surface area contributed by atoms with Crippen LogP contribution in [0.4, 0.5) is 5.69 Å². The van der Waals surface area contributed by atoms with Crippen molar-refractivity contribution in [3.8, 4) is 11.5 Å². The van der Waals surface area contributed by atoms with Crippen molar-refractivity contribution in [3.05, 3.63) is 54.1 Å². The Kier molecular flexibility index (Phi) is 5.04. The van der Waals surface area contributed by atoms with Gasteiger partial charge in [-0.2, -0.15) is 0 Å². The van der Waals surface area contributed by atoms with Gasteiger partial charge in [0.25, 0.3) is 0 Å².